The lowest BCUT2D eigenvalue weighted by Gasteiger charge is -2.34. The number of benzene rings is 8. The predicted octanol–water partition coefficient (Wildman–Crippen LogP) is 12.4. The highest BCUT2D eigenvalue weighted by molar-refractivity contribution is 9.10. The van der Waals surface area contributed by atoms with Gasteiger partial charge in [-0.15, -0.1) is 0 Å². The van der Waals surface area contributed by atoms with Gasteiger partial charge in [0.05, 0.1) is 24.0 Å². The number of fused-ring (bicyclic) bond motifs is 20. The summed E-state index contributed by atoms with van der Waals surface area (Å²) in [6.45, 7) is 1.02. The average molecular weight is 782 g/mol. The van der Waals surface area contributed by atoms with Crippen molar-refractivity contribution in [3.05, 3.63) is 236 Å². The van der Waals surface area contributed by atoms with E-state index >= 15 is 0 Å². The summed E-state index contributed by atoms with van der Waals surface area (Å²) < 4.78 is 15.0. The van der Waals surface area contributed by atoms with Crippen molar-refractivity contribution in [2.75, 3.05) is 13.2 Å². The van der Waals surface area contributed by atoms with Crippen LogP contribution in [-0.4, -0.2) is 13.2 Å². The summed E-state index contributed by atoms with van der Waals surface area (Å²) in [6, 6.07) is 65.6. The third-order valence-corrected chi connectivity index (χ3v) is 14.0. The van der Waals surface area contributed by atoms with Crippen LogP contribution in [0.25, 0.3) is 44.5 Å². The third kappa shape index (κ3) is 3.57. The molecule has 8 aromatic rings. The molecule has 0 bridgehead atoms. The maximum Gasteiger partial charge on any atom is 0.222 e. The maximum atomic E-state index is 6.96. The van der Waals surface area contributed by atoms with E-state index in [2.05, 4.69) is 192 Å². The van der Waals surface area contributed by atoms with E-state index in [-0.39, 0.29) is 0 Å². The molecule has 0 saturated carbocycles. The van der Waals surface area contributed by atoms with Crippen LogP contribution in [0.15, 0.2) is 180 Å². The zero-order chi connectivity index (χ0) is 36.8. The van der Waals surface area contributed by atoms with Gasteiger partial charge in [-0.1, -0.05) is 168 Å². The molecule has 0 radical (unpaired) electrons. The highest BCUT2D eigenvalue weighted by Gasteiger charge is 2.55. The molecule has 0 atom stereocenters. The van der Waals surface area contributed by atoms with Crippen molar-refractivity contribution < 1.29 is 9.47 Å². The Morgan fingerprint density at radius 1 is 0.321 bits per heavy atom. The number of halogens is 1. The fraction of sp³-hybridized carbons (Fsp3) is 0.0943. The Bertz CT molecular complexity index is 2910. The second-order valence-corrected chi connectivity index (χ2v) is 16.7. The molecule has 0 N–H and O–H groups in total. The number of ether oxygens (including phenoxy) is 2. The summed E-state index contributed by atoms with van der Waals surface area (Å²) in [5.41, 5.74) is 21.8. The van der Waals surface area contributed by atoms with Crippen LogP contribution >= 0.6 is 15.9 Å². The van der Waals surface area contributed by atoms with Gasteiger partial charge < -0.3 is 9.47 Å². The van der Waals surface area contributed by atoms with Gasteiger partial charge in [0.25, 0.3) is 0 Å². The summed E-state index contributed by atoms with van der Waals surface area (Å²) in [6.07, 6.45) is 0. The first-order chi connectivity index (χ1) is 27.7. The van der Waals surface area contributed by atoms with Crippen molar-refractivity contribution in [2.45, 2.75) is 16.6 Å². The van der Waals surface area contributed by atoms with Crippen molar-refractivity contribution in [1.29, 1.82) is 0 Å². The molecule has 1 heterocycles. The van der Waals surface area contributed by atoms with Crippen molar-refractivity contribution in [3.8, 4) is 44.5 Å². The molecule has 4 aliphatic carbocycles. The molecular formula is C53H33BrO2. The van der Waals surface area contributed by atoms with E-state index in [4.69, 9.17) is 9.47 Å². The normalized spacial score (nSPS) is 17.2. The Kier molecular flexibility index (Phi) is 6.12. The van der Waals surface area contributed by atoms with Crippen molar-refractivity contribution in [2.24, 2.45) is 0 Å². The first-order valence-corrected chi connectivity index (χ1v) is 20.3. The van der Waals surface area contributed by atoms with Crippen LogP contribution in [0.4, 0.5) is 0 Å². The lowest BCUT2D eigenvalue weighted by Crippen LogP contribution is -2.32. The van der Waals surface area contributed by atoms with E-state index in [1.807, 2.05) is 0 Å². The highest BCUT2D eigenvalue weighted by atomic mass is 79.9. The van der Waals surface area contributed by atoms with E-state index in [9.17, 15) is 0 Å². The van der Waals surface area contributed by atoms with Gasteiger partial charge in [0, 0.05) is 15.6 Å². The lowest BCUT2D eigenvalue weighted by atomic mass is 9.69. The minimum atomic E-state index is -1.09. The Balaban J connectivity index is 1.07. The zero-order valence-electron chi connectivity index (χ0n) is 30.4. The predicted molar refractivity (Wildman–Crippen MR) is 226 cm³/mol. The summed E-state index contributed by atoms with van der Waals surface area (Å²) >= 11 is 3.87. The summed E-state index contributed by atoms with van der Waals surface area (Å²) in [4.78, 5) is 0. The molecule has 2 spiro atoms. The van der Waals surface area contributed by atoms with Gasteiger partial charge in [-0.25, -0.2) is 0 Å². The number of hydrogen-bond donors (Lipinski definition) is 0. The van der Waals surface area contributed by atoms with Crippen LogP contribution in [0.1, 0.15) is 55.6 Å². The van der Waals surface area contributed by atoms with Gasteiger partial charge in [-0.05, 0) is 113 Å². The number of hydrogen-bond acceptors (Lipinski definition) is 2. The zero-order valence-corrected chi connectivity index (χ0v) is 31.9. The Morgan fingerprint density at radius 2 is 0.625 bits per heavy atom. The van der Waals surface area contributed by atoms with E-state index in [0.29, 0.717) is 13.2 Å². The largest absolute Gasteiger partial charge is 0.340 e. The molecule has 0 amide bonds. The lowest BCUT2D eigenvalue weighted by molar-refractivity contribution is -0.130. The van der Waals surface area contributed by atoms with E-state index in [1.54, 1.807) is 0 Å². The van der Waals surface area contributed by atoms with Gasteiger partial charge >= 0.3 is 0 Å². The maximum absolute atomic E-state index is 6.96. The van der Waals surface area contributed by atoms with Gasteiger partial charge in [0.2, 0.25) is 5.79 Å². The average Bonchev–Trinajstić information content (AvgIpc) is 4.06. The Morgan fingerprint density at radius 3 is 1.02 bits per heavy atom. The minimum Gasteiger partial charge on any atom is -0.340 e. The quantitative estimate of drug-likeness (QED) is 0.174. The molecule has 13 rings (SSSR count). The van der Waals surface area contributed by atoms with Crippen molar-refractivity contribution >= 4 is 15.9 Å². The van der Waals surface area contributed by atoms with E-state index < -0.39 is 16.6 Å². The van der Waals surface area contributed by atoms with Crippen LogP contribution in [0.2, 0.25) is 0 Å². The molecule has 264 valence electrons. The second-order valence-electron chi connectivity index (χ2n) is 15.8. The van der Waals surface area contributed by atoms with Crippen LogP contribution in [0, 0.1) is 0 Å². The number of rotatable bonds is 2. The molecule has 3 heteroatoms. The molecule has 8 aromatic carbocycles. The van der Waals surface area contributed by atoms with E-state index in [1.165, 1.54) is 89.0 Å². The smallest absolute Gasteiger partial charge is 0.222 e. The molecule has 5 aliphatic rings. The van der Waals surface area contributed by atoms with Gasteiger partial charge in [0.1, 0.15) is 0 Å². The van der Waals surface area contributed by atoms with Gasteiger partial charge in [0.15, 0.2) is 0 Å². The standard InChI is InChI=1S/C53H33BrO2/c54-34-23-26-42-41-25-22-33(30-49(41)52(50(42)31-34)46-19-9-3-13-37(46)38-14-4-10-20-47(38)52)53(55-27-28-56-53)32-21-24-40-39-15-5-8-18-45(39)51(48(40)29-32)43-16-6-1-11-35(43)36-12-2-7-17-44(36)51/h1-26,29-31H,27-28H2. The highest BCUT2D eigenvalue weighted by Crippen LogP contribution is 2.65. The Labute approximate surface area is 334 Å². The van der Waals surface area contributed by atoms with Crippen molar-refractivity contribution in [3.63, 3.8) is 0 Å². The molecule has 2 nitrogen and oxygen atoms in total. The Hall–Kier alpha value is -5.84. The first kappa shape index (κ1) is 31.4. The summed E-state index contributed by atoms with van der Waals surface area (Å²) in [5, 5.41) is 0. The topological polar surface area (TPSA) is 18.5 Å². The molecule has 0 aromatic heterocycles. The minimum absolute atomic E-state index is 0.455. The SMILES string of the molecule is Brc1ccc2c(c1)C1(c3ccccc3-c3ccccc31)c1cc(C3(c4ccc5c(c4)C4(c6ccccc6-c6ccccc64)c4ccccc4-5)OCCO3)ccc1-2. The third-order valence-electron chi connectivity index (χ3n) is 13.5. The monoisotopic (exact) mass is 780 g/mol. The van der Waals surface area contributed by atoms with Crippen LogP contribution in [0.3, 0.4) is 0 Å². The molecule has 56 heavy (non-hydrogen) atoms. The van der Waals surface area contributed by atoms with Gasteiger partial charge in [-0.2, -0.15) is 0 Å². The van der Waals surface area contributed by atoms with Crippen LogP contribution in [0.5, 0.6) is 0 Å². The van der Waals surface area contributed by atoms with Crippen molar-refractivity contribution in [1.82, 2.24) is 0 Å². The fourth-order valence-corrected chi connectivity index (χ4v) is 11.9. The summed E-state index contributed by atoms with van der Waals surface area (Å²) in [7, 11) is 0. The molecule has 1 saturated heterocycles. The molecule has 1 aliphatic heterocycles. The van der Waals surface area contributed by atoms with E-state index in [0.717, 1.165) is 15.6 Å². The summed E-state index contributed by atoms with van der Waals surface area (Å²) in [5.74, 6) is -1.09. The molecular weight excluding hydrogens is 748 g/mol. The van der Waals surface area contributed by atoms with Crippen LogP contribution in [-0.2, 0) is 26.1 Å². The second kappa shape index (κ2) is 10.9. The van der Waals surface area contributed by atoms with Crippen LogP contribution < -0.4 is 0 Å². The first-order valence-electron chi connectivity index (χ1n) is 19.5. The van der Waals surface area contributed by atoms with Gasteiger partial charge in [-0.3, -0.25) is 0 Å². The fourth-order valence-electron chi connectivity index (χ4n) is 11.5. The molecule has 0 unspecified atom stereocenters. The molecule has 1 fully saturated rings.